The van der Waals surface area contributed by atoms with Gasteiger partial charge in [0.25, 0.3) is 0 Å². The average molecular weight is 293 g/mol. The van der Waals surface area contributed by atoms with Crippen LogP contribution in [0, 0.1) is 0 Å². The smallest absolute Gasteiger partial charge is 0.475 e. The number of rotatable bonds is 2. The number of carbonyl (C=O) groups is 1. The molecule has 0 unspecified atom stereocenters. The number of aromatic nitrogens is 2. The highest BCUT2D eigenvalue weighted by atomic mass is 19.4. The molecule has 0 bridgehead atoms. The number of alkyl halides is 3. The average Bonchev–Trinajstić information content (AvgIpc) is 2.99. The second-order valence-electron chi connectivity index (χ2n) is 4.82. The number of halogens is 3. The van der Waals surface area contributed by atoms with E-state index < -0.39 is 12.1 Å². The number of H-pyrrole nitrogens is 1. The van der Waals surface area contributed by atoms with Crippen LogP contribution in [0.15, 0.2) is 6.20 Å². The van der Waals surface area contributed by atoms with Crippen molar-refractivity contribution in [1.82, 2.24) is 15.3 Å². The van der Waals surface area contributed by atoms with Crippen molar-refractivity contribution in [3.05, 3.63) is 17.7 Å². The summed E-state index contributed by atoms with van der Waals surface area (Å²) in [6, 6.07) is 0.465. The van der Waals surface area contributed by atoms with Crippen LogP contribution in [-0.4, -0.2) is 33.8 Å². The fraction of sp³-hybridized carbons (Fsp3) is 0.667. The van der Waals surface area contributed by atoms with Crippen LogP contribution in [0.25, 0.3) is 0 Å². The van der Waals surface area contributed by atoms with Gasteiger partial charge in [0.15, 0.2) is 0 Å². The number of hydrogen-bond acceptors (Lipinski definition) is 3. The van der Waals surface area contributed by atoms with Gasteiger partial charge in [0.1, 0.15) is 5.82 Å². The van der Waals surface area contributed by atoms with Gasteiger partial charge in [0.2, 0.25) is 0 Å². The lowest BCUT2D eigenvalue weighted by Crippen LogP contribution is -2.21. The Morgan fingerprint density at radius 3 is 2.45 bits per heavy atom. The molecule has 0 amide bonds. The highest BCUT2D eigenvalue weighted by Gasteiger charge is 2.38. The summed E-state index contributed by atoms with van der Waals surface area (Å²) in [5, 5.41) is 10.6. The normalized spacial score (nSPS) is 18.8. The molecule has 0 radical (unpaired) electrons. The Morgan fingerprint density at radius 1 is 1.50 bits per heavy atom. The van der Waals surface area contributed by atoms with Crippen molar-refractivity contribution in [3.63, 3.8) is 0 Å². The van der Waals surface area contributed by atoms with Crippen molar-refractivity contribution in [1.29, 1.82) is 0 Å². The third-order valence-corrected chi connectivity index (χ3v) is 2.84. The Balaban J connectivity index is 0.000000246. The summed E-state index contributed by atoms with van der Waals surface area (Å²) >= 11 is 0. The lowest BCUT2D eigenvalue weighted by atomic mass is 10.1. The third kappa shape index (κ3) is 4.84. The maximum atomic E-state index is 10.6. The Hall–Kier alpha value is -1.57. The van der Waals surface area contributed by atoms with Crippen molar-refractivity contribution < 1.29 is 23.1 Å². The summed E-state index contributed by atoms with van der Waals surface area (Å²) in [6.07, 6.45) is -0.576. The minimum atomic E-state index is -5.08. The molecule has 114 valence electrons. The van der Waals surface area contributed by atoms with Gasteiger partial charge in [0, 0.05) is 6.20 Å². The van der Waals surface area contributed by atoms with Gasteiger partial charge < -0.3 is 15.4 Å². The predicted octanol–water partition coefficient (Wildman–Crippen LogP) is 2.59. The first-order valence-electron chi connectivity index (χ1n) is 6.30. The summed E-state index contributed by atoms with van der Waals surface area (Å²) in [5.74, 6) is -1.12. The molecular weight excluding hydrogens is 275 g/mol. The molecule has 0 spiro atoms. The van der Waals surface area contributed by atoms with Crippen LogP contribution >= 0.6 is 0 Å². The number of imidazole rings is 1. The Kier molecular flexibility index (Phi) is 5.55. The summed E-state index contributed by atoms with van der Waals surface area (Å²) in [6.45, 7) is 5.46. The van der Waals surface area contributed by atoms with E-state index in [1.54, 1.807) is 0 Å². The van der Waals surface area contributed by atoms with Gasteiger partial charge in [-0.2, -0.15) is 13.2 Å². The molecule has 1 aromatic rings. The molecule has 2 rings (SSSR count). The van der Waals surface area contributed by atoms with Gasteiger partial charge in [-0.25, -0.2) is 9.78 Å². The van der Waals surface area contributed by atoms with Crippen LogP contribution in [0.3, 0.4) is 0 Å². The molecule has 8 heteroatoms. The number of nitrogens with one attached hydrogen (secondary N) is 2. The number of nitrogens with zero attached hydrogens (tertiary/aromatic N) is 1. The minimum absolute atomic E-state index is 0.465. The van der Waals surface area contributed by atoms with E-state index in [0.717, 1.165) is 12.4 Å². The molecule has 2 heterocycles. The fourth-order valence-electron chi connectivity index (χ4n) is 1.74. The van der Waals surface area contributed by atoms with Crippen molar-refractivity contribution in [2.24, 2.45) is 0 Å². The first-order chi connectivity index (χ1) is 9.21. The van der Waals surface area contributed by atoms with Gasteiger partial charge in [-0.3, -0.25) is 0 Å². The minimum Gasteiger partial charge on any atom is -0.475 e. The van der Waals surface area contributed by atoms with E-state index in [9.17, 15) is 13.2 Å². The van der Waals surface area contributed by atoms with E-state index in [1.165, 1.54) is 18.5 Å². The second-order valence-corrected chi connectivity index (χ2v) is 4.82. The van der Waals surface area contributed by atoms with Crippen molar-refractivity contribution in [3.8, 4) is 0 Å². The van der Waals surface area contributed by atoms with Gasteiger partial charge in [-0.1, -0.05) is 13.8 Å². The molecule has 20 heavy (non-hydrogen) atoms. The Labute approximate surface area is 114 Å². The van der Waals surface area contributed by atoms with Crippen molar-refractivity contribution in [2.45, 2.75) is 44.8 Å². The molecule has 5 nitrogen and oxygen atoms in total. The van der Waals surface area contributed by atoms with Crippen molar-refractivity contribution in [2.75, 3.05) is 6.54 Å². The molecule has 0 saturated carbocycles. The quantitative estimate of drug-likeness (QED) is 0.783. The second kappa shape index (κ2) is 6.74. The van der Waals surface area contributed by atoms with Crippen LogP contribution < -0.4 is 5.32 Å². The Morgan fingerprint density at radius 2 is 2.10 bits per heavy atom. The molecule has 3 N–H and O–H groups in total. The Bertz CT molecular complexity index is 437. The van der Waals surface area contributed by atoms with E-state index in [0.29, 0.717) is 12.0 Å². The molecule has 1 aliphatic heterocycles. The first-order valence-corrected chi connectivity index (χ1v) is 6.30. The lowest BCUT2D eigenvalue weighted by molar-refractivity contribution is -0.192. The molecule has 0 aliphatic carbocycles. The molecule has 1 atom stereocenters. The zero-order valence-corrected chi connectivity index (χ0v) is 11.3. The topological polar surface area (TPSA) is 78.0 Å². The zero-order valence-electron chi connectivity index (χ0n) is 11.3. The number of carboxylic acids is 1. The van der Waals surface area contributed by atoms with Gasteiger partial charge in [-0.15, -0.1) is 0 Å². The molecule has 1 aromatic heterocycles. The van der Waals surface area contributed by atoms with Crippen LogP contribution in [0.4, 0.5) is 13.2 Å². The number of carboxylic acid groups (broad SMARTS) is 1. The van der Waals surface area contributed by atoms with Crippen LogP contribution in [0.5, 0.6) is 0 Å². The molecular formula is C12H18F3N3O2. The summed E-state index contributed by atoms with van der Waals surface area (Å²) in [7, 11) is 0. The summed E-state index contributed by atoms with van der Waals surface area (Å²) in [4.78, 5) is 16.7. The predicted molar refractivity (Wildman–Crippen MR) is 66.3 cm³/mol. The highest BCUT2D eigenvalue weighted by molar-refractivity contribution is 5.73. The standard InChI is InChI=1S/C10H17N3.C2HF3O2/c1-7(2)9-6-12-10(13-9)8-4-3-5-11-8;3-2(4,5)1(6)7/h6-8,11H,3-5H2,1-2H3,(H,12,13);(H,6,7)/t8-;/m0./s1. The molecule has 0 aromatic carbocycles. The van der Waals surface area contributed by atoms with Crippen molar-refractivity contribution >= 4 is 5.97 Å². The number of hydrogen-bond donors (Lipinski definition) is 3. The van der Waals surface area contributed by atoms with Gasteiger partial charge >= 0.3 is 12.1 Å². The maximum absolute atomic E-state index is 10.6. The third-order valence-electron chi connectivity index (χ3n) is 2.84. The largest absolute Gasteiger partial charge is 0.490 e. The molecule has 1 fully saturated rings. The highest BCUT2D eigenvalue weighted by Crippen LogP contribution is 2.21. The van der Waals surface area contributed by atoms with Gasteiger partial charge in [-0.05, 0) is 25.3 Å². The SMILES string of the molecule is CC(C)c1c[nH]c([C@@H]2CCCN2)n1.O=C(O)C(F)(F)F. The van der Waals surface area contributed by atoms with E-state index >= 15 is 0 Å². The van der Waals surface area contributed by atoms with Crippen LogP contribution in [0.2, 0.25) is 0 Å². The van der Waals surface area contributed by atoms with E-state index in [2.05, 4.69) is 29.1 Å². The lowest BCUT2D eigenvalue weighted by Gasteiger charge is -2.05. The fourth-order valence-corrected chi connectivity index (χ4v) is 1.74. The van der Waals surface area contributed by atoms with E-state index in [-0.39, 0.29) is 0 Å². The van der Waals surface area contributed by atoms with E-state index in [4.69, 9.17) is 9.90 Å². The monoisotopic (exact) mass is 293 g/mol. The summed E-state index contributed by atoms with van der Waals surface area (Å²) < 4.78 is 31.7. The van der Waals surface area contributed by atoms with Crippen LogP contribution in [-0.2, 0) is 4.79 Å². The molecule has 1 saturated heterocycles. The zero-order chi connectivity index (χ0) is 15.3. The van der Waals surface area contributed by atoms with Gasteiger partial charge in [0.05, 0.1) is 11.7 Å². The number of aromatic amines is 1. The maximum Gasteiger partial charge on any atom is 0.490 e. The molecule has 1 aliphatic rings. The van der Waals surface area contributed by atoms with E-state index in [1.807, 2.05) is 6.20 Å². The number of aliphatic carboxylic acids is 1. The first kappa shape index (κ1) is 16.5. The summed E-state index contributed by atoms with van der Waals surface area (Å²) in [5.41, 5.74) is 1.17. The van der Waals surface area contributed by atoms with Crippen LogP contribution in [0.1, 0.15) is 50.2 Å².